The Morgan fingerprint density at radius 2 is 1.88 bits per heavy atom. The van der Waals surface area contributed by atoms with Crippen molar-refractivity contribution >= 4 is 23.9 Å². The van der Waals surface area contributed by atoms with Gasteiger partial charge in [0.05, 0.1) is 5.92 Å². The fourth-order valence-electron chi connectivity index (χ4n) is 3.00. The second kappa shape index (κ2) is 7.47. The summed E-state index contributed by atoms with van der Waals surface area (Å²) < 4.78 is 0. The van der Waals surface area contributed by atoms with Crippen LogP contribution in [0.25, 0.3) is 0 Å². The lowest BCUT2D eigenvalue weighted by molar-refractivity contribution is -0.167. The van der Waals surface area contributed by atoms with Crippen molar-refractivity contribution in [3.63, 3.8) is 0 Å². The van der Waals surface area contributed by atoms with Gasteiger partial charge in [-0.25, -0.2) is 14.5 Å². The van der Waals surface area contributed by atoms with E-state index in [1.54, 1.807) is 0 Å². The van der Waals surface area contributed by atoms with Crippen LogP contribution in [0.3, 0.4) is 0 Å². The van der Waals surface area contributed by atoms with Crippen LogP contribution in [-0.2, 0) is 9.59 Å². The summed E-state index contributed by atoms with van der Waals surface area (Å²) in [6.45, 7) is 2.70. The lowest BCUT2D eigenvalue weighted by Gasteiger charge is -2.46. The minimum atomic E-state index is -1.16. The van der Waals surface area contributed by atoms with Gasteiger partial charge in [0.2, 0.25) is 5.91 Å². The smallest absolute Gasteiger partial charge is 0.327 e. The van der Waals surface area contributed by atoms with Gasteiger partial charge in [-0.1, -0.05) is 0 Å². The molecule has 10 nitrogen and oxygen atoms in total. The third-order valence-corrected chi connectivity index (χ3v) is 4.41. The van der Waals surface area contributed by atoms with E-state index < -0.39 is 29.9 Å². The molecule has 2 atom stereocenters. The fraction of sp³-hybridized carbons (Fsp3) is 0.714. The Bertz CT molecular complexity index is 539. The molecule has 2 rings (SSSR count). The van der Waals surface area contributed by atoms with Crippen molar-refractivity contribution in [2.24, 2.45) is 22.4 Å². The number of β-lactam (4-membered cyclic amide) rings is 1. The molecule has 134 valence electrons. The number of aliphatic imine (C=N–C) groups is 1. The van der Waals surface area contributed by atoms with E-state index in [-0.39, 0.29) is 5.96 Å². The zero-order valence-electron chi connectivity index (χ0n) is 13.7. The third kappa shape index (κ3) is 3.75. The quantitative estimate of drug-likeness (QED) is 0.234. The van der Waals surface area contributed by atoms with Crippen molar-refractivity contribution in [2.75, 3.05) is 39.8 Å². The van der Waals surface area contributed by atoms with Gasteiger partial charge in [-0.2, -0.15) is 0 Å². The number of amides is 3. The first-order chi connectivity index (χ1) is 11.3. The number of piperazine rings is 1. The number of nitrogens with two attached hydrogens (primary N) is 2. The van der Waals surface area contributed by atoms with E-state index in [9.17, 15) is 19.5 Å². The minimum absolute atomic E-state index is 0.0448. The number of hydrogen-bond donors (Lipinski definition) is 3. The Balaban J connectivity index is 1.96. The summed E-state index contributed by atoms with van der Waals surface area (Å²) in [5.41, 5.74) is 10.4. The summed E-state index contributed by atoms with van der Waals surface area (Å²) in [5.74, 6) is -2.34. The number of carbonyl (C=O) groups is 3. The summed E-state index contributed by atoms with van der Waals surface area (Å²) >= 11 is 0. The summed E-state index contributed by atoms with van der Waals surface area (Å²) in [6, 6.07) is -1.62. The predicted octanol–water partition coefficient (Wildman–Crippen LogP) is -1.68. The number of nitrogens with zero attached hydrogens (tertiary/aromatic N) is 4. The van der Waals surface area contributed by atoms with E-state index in [1.165, 1.54) is 4.90 Å². The molecule has 0 bridgehead atoms. The molecule has 0 aliphatic carbocycles. The van der Waals surface area contributed by atoms with Gasteiger partial charge in [-0.15, -0.1) is 0 Å². The normalized spacial score (nSPS) is 24.5. The Morgan fingerprint density at radius 1 is 1.25 bits per heavy atom. The fourth-order valence-corrected chi connectivity index (χ4v) is 3.00. The number of aliphatic carboxylic acids is 1. The number of guanidine groups is 1. The zero-order chi connectivity index (χ0) is 17.9. The van der Waals surface area contributed by atoms with Crippen LogP contribution in [0.2, 0.25) is 0 Å². The molecule has 2 heterocycles. The van der Waals surface area contributed by atoms with Crippen molar-refractivity contribution < 1.29 is 19.5 Å². The molecule has 0 aromatic heterocycles. The SMILES string of the molecule is CN1CCN(C(=O)N2C(=O)[C@H](CCCN=C(N)N)[C@H]2C(=O)O)CC1. The molecule has 2 saturated heterocycles. The molecule has 2 aliphatic heterocycles. The van der Waals surface area contributed by atoms with Crippen LogP contribution >= 0.6 is 0 Å². The molecular formula is C14H24N6O4. The molecule has 0 saturated carbocycles. The van der Waals surface area contributed by atoms with Crippen LogP contribution in [0, 0.1) is 5.92 Å². The zero-order valence-corrected chi connectivity index (χ0v) is 13.7. The predicted molar refractivity (Wildman–Crippen MR) is 86.1 cm³/mol. The highest BCUT2D eigenvalue weighted by atomic mass is 16.4. The average Bonchev–Trinajstić information content (AvgIpc) is 2.51. The number of likely N-dealkylation sites (N-methyl/N-ethyl adjacent to an activating group) is 1. The molecular weight excluding hydrogens is 316 g/mol. The van der Waals surface area contributed by atoms with Crippen LogP contribution in [0.1, 0.15) is 12.8 Å². The molecule has 0 unspecified atom stereocenters. The van der Waals surface area contributed by atoms with Crippen LogP contribution in [-0.4, -0.2) is 89.5 Å². The highest BCUT2D eigenvalue weighted by molar-refractivity contribution is 6.07. The van der Waals surface area contributed by atoms with Crippen LogP contribution in [0.4, 0.5) is 4.79 Å². The number of likely N-dealkylation sites (tertiary alicyclic amines) is 1. The number of carboxylic acids is 1. The topological polar surface area (TPSA) is 146 Å². The van der Waals surface area contributed by atoms with Gasteiger partial charge in [0.25, 0.3) is 0 Å². The van der Waals surface area contributed by atoms with Crippen molar-refractivity contribution in [1.82, 2.24) is 14.7 Å². The second-order valence-corrected chi connectivity index (χ2v) is 6.12. The molecule has 5 N–H and O–H groups in total. The van der Waals surface area contributed by atoms with Crippen LogP contribution in [0.15, 0.2) is 4.99 Å². The van der Waals surface area contributed by atoms with Crippen molar-refractivity contribution in [2.45, 2.75) is 18.9 Å². The highest BCUT2D eigenvalue weighted by Crippen LogP contribution is 2.32. The van der Waals surface area contributed by atoms with Crippen molar-refractivity contribution in [3.8, 4) is 0 Å². The van der Waals surface area contributed by atoms with E-state index in [1.807, 2.05) is 7.05 Å². The van der Waals surface area contributed by atoms with Gasteiger partial charge in [-0.05, 0) is 19.9 Å². The lowest BCUT2D eigenvalue weighted by atomic mass is 9.84. The summed E-state index contributed by atoms with van der Waals surface area (Å²) in [5, 5.41) is 9.39. The van der Waals surface area contributed by atoms with E-state index in [2.05, 4.69) is 9.89 Å². The molecule has 0 radical (unpaired) electrons. The average molecular weight is 340 g/mol. The maximum Gasteiger partial charge on any atom is 0.327 e. The maximum absolute atomic E-state index is 12.5. The van der Waals surface area contributed by atoms with Gasteiger partial charge in [0.15, 0.2) is 12.0 Å². The van der Waals surface area contributed by atoms with Gasteiger partial charge < -0.3 is 26.4 Å². The molecule has 0 aromatic rings. The first-order valence-electron chi connectivity index (χ1n) is 7.91. The molecule has 3 amide bonds. The van der Waals surface area contributed by atoms with Gasteiger partial charge in [0.1, 0.15) is 0 Å². The van der Waals surface area contributed by atoms with Gasteiger partial charge in [-0.3, -0.25) is 9.79 Å². The Labute approximate surface area is 140 Å². The molecule has 0 aromatic carbocycles. The summed E-state index contributed by atoms with van der Waals surface area (Å²) in [4.78, 5) is 44.5. The molecule has 24 heavy (non-hydrogen) atoms. The molecule has 2 fully saturated rings. The van der Waals surface area contributed by atoms with Crippen LogP contribution < -0.4 is 11.5 Å². The van der Waals surface area contributed by atoms with E-state index >= 15 is 0 Å². The number of hydrogen-bond acceptors (Lipinski definition) is 5. The number of rotatable bonds is 5. The van der Waals surface area contributed by atoms with E-state index in [0.29, 0.717) is 45.6 Å². The number of carbonyl (C=O) groups excluding carboxylic acids is 2. The standard InChI is InChI=1S/C14H24N6O4/c1-18-5-7-19(8-6-18)14(24)20-10(12(22)23)9(11(20)21)3-2-4-17-13(15)16/h9-10H,2-8H2,1H3,(H,22,23)(H4,15,16,17)/t9-,10+/m1/s1. The first kappa shape index (κ1) is 18.0. The first-order valence-corrected chi connectivity index (χ1v) is 7.91. The molecule has 0 spiro atoms. The highest BCUT2D eigenvalue weighted by Gasteiger charge is 2.55. The van der Waals surface area contributed by atoms with Crippen LogP contribution in [0.5, 0.6) is 0 Å². The molecule has 2 aliphatic rings. The van der Waals surface area contributed by atoms with Crippen molar-refractivity contribution in [3.05, 3.63) is 0 Å². The Morgan fingerprint density at radius 3 is 2.42 bits per heavy atom. The van der Waals surface area contributed by atoms with Gasteiger partial charge in [0, 0.05) is 32.7 Å². The Kier molecular flexibility index (Phi) is 5.60. The van der Waals surface area contributed by atoms with Crippen molar-refractivity contribution in [1.29, 1.82) is 0 Å². The number of imide groups is 1. The lowest BCUT2D eigenvalue weighted by Crippen LogP contribution is -2.69. The largest absolute Gasteiger partial charge is 0.480 e. The van der Waals surface area contributed by atoms with E-state index in [4.69, 9.17) is 11.5 Å². The Hall–Kier alpha value is -2.36. The van der Waals surface area contributed by atoms with Gasteiger partial charge >= 0.3 is 12.0 Å². The molecule has 10 heteroatoms. The third-order valence-electron chi connectivity index (χ3n) is 4.41. The number of carboxylic acid groups (broad SMARTS) is 1. The summed E-state index contributed by atoms with van der Waals surface area (Å²) in [7, 11) is 1.95. The monoisotopic (exact) mass is 340 g/mol. The maximum atomic E-state index is 12.5. The summed E-state index contributed by atoms with van der Waals surface area (Å²) in [6.07, 6.45) is 0.813. The minimum Gasteiger partial charge on any atom is -0.480 e. The second-order valence-electron chi connectivity index (χ2n) is 6.12. The number of urea groups is 1. The van der Waals surface area contributed by atoms with E-state index in [0.717, 1.165) is 4.90 Å².